The smallest absolute Gasteiger partial charge is 0.348 e. The van der Waals surface area contributed by atoms with E-state index in [1.807, 2.05) is 38.1 Å². The standard InChI is InChI=1S/C17H24O2.C9H12O2S.C2H6/c1-2-3-4-5-17(19)14-8-6-13(7-9-14)15-10-11-16(18)12-15;1-3-4-7-5-6-8(12-7)9(10)11-2;1-2/h6-9,15,17,19H,2-5,10-12H2,1H3;5-6H,3-4H2,1-2H3;1-2H3/t15-,17?;;/m0../s1. The zero-order valence-electron chi connectivity index (χ0n) is 21.1. The molecule has 33 heavy (non-hydrogen) atoms. The second-order valence-corrected chi connectivity index (χ2v) is 9.33. The first-order chi connectivity index (χ1) is 16.0. The average Bonchev–Trinajstić information content (AvgIpc) is 3.50. The first-order valence-corrected chi connectivity index (χ1v) is 13.3. The van der Waals surface area contributed by atoms with E-state index in [0.29, 0.717) is 23.0 Å². The third-order valence-electron chi connectivity index (χ3n) is 5.66. The van der Waals surface area contributed by atoms with Crippen LogP contribution in [0.5, 0.6) is 0 Å². The fraction of sp³-hybridized carbons (Fsp3) is 0.571. The van der Waals surface area contributed by atoms with Crippen LogP contribution >= 0.6 is 11.3 Å². The van der Waals surface area contributed by atoms with Gasteiger partial charge in [0.2, 0.25) is 0 Å². The zero-order chi connectivity index (χ0) is 24.6. The van der Waals surface area contributed by atoms with Crippen LogP contribution in [-0.4, -0.2) is 24.0 Å². The Balaban J connectivity index is 0.000000335. The van der Waals surface area contributed by atoms with Crippen LogP contribution in [0, 0.1) is 0 Å². The Morgan fingerprint density at radius 2 is 1.79 bits per heavy atom. The molecule has 184 valence electrons. The molecule has 1 aromatic heterocycles. The lowest BCUT2D eigenvalue weighted by Crippen LogP contribution is -1.99. The van der Waals surface area contributed by atoms with Gasteiger partial charge in [0.15, 0.2) is 0 Å². The van der Waals surface area contributed by atoms with Crippen molar-refractivity contribution in [3.63, 3.8) is 0 Å². The lowest BCUT2D eigenvalue weighted by atomic mass is 9.95. The Kier molecular flexibility index (Phi) is 14.6. The Labute approximate surface area is 204 Å². The molecule has 1 heterocycles. The molecule has 3 rings (SSSR count). The average molecular weight is 475 g/mol. The van der Waals surface area contributed by atoms with Crippen molar-refractivity contribution in [3.8, 4) is 0 Å². The van der Waals surface area contributed by atoms with Crippen LogP contribution < -0.4 is 0 Å². The molecule has 0 amide bonds. The van der Waals surface area contributed by atoms with Gasteiger partial charge in [0.05, 0.1) is 13.2 Å². The molecule has 1 aliphatic carbocycles. The van der Waals surface area contributed by atoms with Crippen molar-refractivity contribution in [1.29, 1.82) is 0 Å². The van der Waals surface area contributed by atoms with E-state index in [2.05, 4.69) is 30.7 Å². The number of methoxy groups -OCH3 is 1. The molecule has 0 bridgehead atoms. The monoisotopic (exact) mass is 474 g/mol. The highest BCUT2D eigenvalue weighted by Gasteiger charge is 2.23. The van der Waals surface area contributed by atoms with E-state index in [1.165, 1.54) is 41.7 Å². The predicted octanol–water partition coefficient (Wildman–Crippen LogP) is 7.65. The van der Waals surface area contributed by atoms with Crippen molar-refractivity contribution >= 4 is 23.1 Å². The summed E-state index contributed by atoms with van der Waals surface area (Å²) in [5.41, 5.74) is 2.25. The number of ether oxygens (including phenoxy) is 1. The molecule has 0 saturated heterocycles. The van der Waals surface area contributed by atoms with Gasteiger partial charge in [-0.2, -0.15) is 0 Å². The van der Waals surface area contributed by atoms with Gasteiger partial charge in [0.1, 0.15) is 10.7 Å². The normalized spacial score (nSPS) is 15.7. The van der Waals surface area contributed by atoms with E-state index in [4.69, 9.17) is 0 Å². The number of carbonyl (C=O) groups is 2. The SMILES string of the molecule is CC.CCCCCC(O)c1ccc([C@H]2CCC(=O)C2)cc1.CCCc1ccc(C(=O)OC)s1. The minimum atomic E-state index is -0.342. The molecule has 5 heteroatoms. The van der Waals surface area contributed by atoms with Crippen molar-refractivity contribution in [2.45, 2.75) is 97.5 Å². The lowest BCUT2D eigenvalue weighted by Gasteiger charge is -2.13. The molecule has 1 saturated carbocycles. The molecule has 2 aromatic rings. The van der Waals surface area contributed by atoms with Crippen LogP contribution in [0.15, 0.2) is 36.4 Å². The molecular formula is C28H42O4S. The number of aryl methyl sites for hydroxylation is 1. The van der Waals surface area contributed by atoms with E-state index in [-0.39, 0.29) is 12.1 Å². The van der Waals surface area contributed by atoms with Gasteiger partial charge in [-0.05, 0) is 48.4 Å². The minimum absolute atomic E-state index is 0.234. The van der Waals surface area contributed by atoms with Gasteiger partial charge >= 0.3 is 5.97 Å². The number of ketones is 1. The number of hydrogen-bond acceptors (Lipinski definition) is 5. The lowest BCUT2D eigenvalue weighted by molar-refractivity contribution is -0.117. The molecule has 1 aromatic carbocycles. The van der Waals surface area contributed by atoms with E-state index in [9.17, 15) is 14.7 Å². The van der Waals surface area contributed by atoms with Gasteiger partial charge in [-0.3, -0.25) is 4.79 Å². The minimum Gasteiger partial charge on any atom is -0.465 e. The summed E-state index contributed by atoms with van der Waals surface area (Å²) in [6.45, 7) is 8.29. The summed E-state index contributed by atoms with van der Waals surface area (Å²) in [6.07, 6.45) is 8.50. The van der Waals surface area contributed by atoms with Crippen LogP contribution in [0.3, 0.4) is 0 Å². The van der Waals surface area contributed by atoms with Crippen LogP contribution in [0.25, 0.3) is 0 Å². The summed E-state index contributed by atoms with van der Waals surface area (Å²) in [6, 6.07) is 12.0. The number of unbranched alkanes of at least 4 members (excludes halogenated alkanes) is 2. The maximum atomic E-state index is 11.3. The quantitative estimate of drug-likeness (QED) is 0.299. The van der Waals surface area contributed by atoms with E-state index in [0.717, 1.165) is 44.1 Å². The van der Waals surface area contributed by atoms with Crippen LogP contribution in [0.4, 0.5) is 0 Å². The largest absolute Gasteiger partial charge is 0.465 e. The molecular weight excluding hydrogens is 432 g/mol. The van der Waals surface area contributed by atoms with Crippen molar-refractivity contribution in [3.05, 3.63) is 57.3 Å². The van der Waals surface area contributed by atoms with Gasteiger partial charge in [-0.1, -0.05) is 77.6 Å². The summed E-state index contributed by atoms with van der Waals surface area (Å²) in [4.78, 5) is 24.3. The summed E-state index contributed by atoms with van der Waals surface area (Å²) in [5, 5.41) is 10.1. The summed E-state index contributed by atoms with van der Waals surface area (Å²) in [5.74, 6) is 0.551. The topological polar surface area (TPSA) is 63.6 Å². The number of rotatable bonds is 9. The fourth-order valence-corrected chi connectivity index (χ4v) is 4.84. The maximum absolute atomic E-state index is 11.3. The van der Waals surface area contributed by atoms with Gasteiger partial charge in [-0.25, -0.2) is 4.79 Å². The summed E-state index contributed by atoms with van der Waals surface area (Å²) >= 11 is 1.52. The molecule has 1 aliphatic rings. The second kappa shape index (κ2) is 16.6. The van der Waals surface area contributed by atoms with Gasteiger partial charge < -0.3 is 9.84 Å². The molecule has 2 atom stereocenters. The molecule has 1 N–H and O–H groups in total. The third kappa shape index (κ3) is 10.2. The van der Waals surface area contributed by atoms with Crippen LogP contribution in [-0.2, 0) is 16.0 Å². The molecule has 0 spiro atoms. The fourth-order valence-electron chi connectivity index (χ4n) is 3.81. The Morgan fingerprint density at radius 1 is 1.09 bits per heavy atom. The maximum Gasteiger partial charge on any atom is 0.348 e. The van der Waals surface area contributed by atoms with Gasteiger partial charge in [0.25, 0.3) is 0 Å². The van der Waals surface area contributed by atoms with Crippen molar-refractivity contribution in [2.75, 3.05) is 7.11 Å². The molecule has 0 radical (unpaired) electrons. The van der Waals surface area contributed by atoms with E-state index >= 15 is 0 Å². The van der Waals surface area contributed by atoms with Crippen molar-refractivity contribution < 1.29 is 19.4 Å². The molecule has 4 nitrogen and oxygen atoms in total. The number of aliphatic hydroxyl groups is 1. The van der Waals surface area contributed by atoms with Crippen molar-refractivity contribution in [2.24, 2.45) is 0 Å². The highest BCUT2D eigenvalue weighted by Crippen LogP contribution is 2.32. The Hall–Kier alpha value is -1.98. The second-order valence-electron chi connectivity index (χ2n) is 8.16. The zero-order valence-corrected chi connectivity index (χ0v) is 21.9. The summed E-state index contributed by atoms with van der Waals surface area (Å²) < 4.78 is 4.60. The number of thiophene rings is 1. The third-order valence-corrected chi connectivity index (χ3v) is 6.79. The molecule has 1 unspecified atom stereocenters. The van der Waals surface area contributed by atoms with E-state index < -0.39 is 0 Å². The van der Waals surface area contributed by atoms with Crippen LogP contribution in [0.1, 0.15) is 117 Å². The predicted molar refractivity (Wildman–Crippen MR) is 138 cm³/mol. The van der Waals surface area contributed by atoms with E-state index in [1.54, 1.807) is 0 Å². The highest BCUT2D eigenvalue weighted by atomic mass is 32.1. The number of Topliss-reactive ketones (excluding diaryl/α,β-unsaturated/α-hetero) is 1. The number of hydrogen-bond donors (Lipinski definition) is 1. The Morgan fingerprint density at radius 3 is 2.33 bits per heavy atom. The van der Waals surface area contributed by atoms with Crippen molar-refractivity contribution in [1.82, 2.24) is 0 Å². The first kappa shape index (κ1) is 29.1. The summed E-state index contributed by atoms with van der Waals surface area (Å²) in [7, 11) is 1.40. The van der Waals surface area contributed by atoms with Crippen LogP contribution in [0.2, 0.25) is 0 Å². The Bertz CT molecular complexity index is 810. The number of benzene rings is 1. The number of aliphatic hydroxyl groups excluding tert-OH is 1. The highest BCUT2D eigenvalue weighted by molar-refractivity contribution is 7.13. The number of esters is 1. The van der Waals surface area contributed by atoms with Gasteiger partial charge in [-0.15, -0.1) is 11.3 Å². The molecule has 1 fully saturated rings. The molecule has 0 aliphatic heterocycles. The number of carbonyl (C=O) groups excluding carboxylic acids is 2. The first-order valence-electron chi connectivity index (χ1n) is 12.4. The van der Waals surface area contributed by atoms with Gasteiger partial charge in [0, 0.05) is 17.7 Å².